The summed E-state index contributed by atoms with van der Waals surface area (Å²) in [6, 6.07) is 11.9. The fourth-order valence-electron chi connectivity index (χ4n) is 3.01. The van der Waals surface area contributed by atoms with Gasteiger partial charge < -0.3 is 10.2 Å². The van der Waals surface area contributed by atoms with E-state index in [0.29, 0.717) is 17.8 Å². The number of fused-ring (bicyclic) bond motifs is 1. The molecule has 1 aliphatic heterocycles. The van der Waals surface area contributed by atoms with Crippen LogP contribution in [0.1, 0.15) is 18.1 Å². The van der Waals surface area contributed by atoms with Gasteiger partial charge in [-0.15, -0.1) is 0 Å². The number of nitrogens with one attached hydrogen (secondary N) is 2. The summed E-state index contributed by atoms with van der Waals surface area (Å²) < 4.78 is 27.4. The van der Waals surface area contributed by atoms with Crippen molar-refractivity contribution in [1.29, 1.82) is 0 Å². The molecule has 0 spiro atoms. The van der Waals surface area contributed by atoms with Gasteiger partial charge >= 0.3 is 0 Å². The lowest BCUT2D eigenvalue weighted by atomic mass is 10.2. The Bertz CT molecular complexity index is 1000. The van der Waals surface area contributed by atoms with E-state index in [-0.39, 0.29) is 29.7 Å². The topological polar surface area (TPSA) is 95.6 Å². The van der Waals surface area contributed by atoms with Crippen molar-refractivity contribution in [2.24, 2.45) is 0 Å². The van der Waals surface area contributed by atoms with Crippen LogP contribution in [0.25, 0.3) is 0 Å². The molecule has 0 atom stereocenters. The highest BCUT2D eigenvalue weighted by molar-refractivity contribution is 7.89. The quantitative estimate of drug-likeness (QED) is 0.790. The summed E-state index contributed by atoms with van der Waals surface area (Å²) in [7, 11) is -3.86. The van der Waals surface area contributed by atoms with Gasteiger partial charge in [-0.05, 0) is 55.3 Å². The van der Waals surface area contributed by atoms with E-state index in [2.05, 4.69) is 10.0 Å². The molecular weight excluding hydrogens is 366 g/mol. The molecule has 2 amide bonds. The summed E-state index contributed by atoms with van der Waals surface area (Å²) in [6.07, 6.45) is 0.147. The Labute approximate surface area is 158 Å². The number of amides is 2. The van der Waals surface area contributed by atoms with Crippen molar-refractivity contribution < 1.29 is 18.0 Å². The van der Waals surface area contributed by atoms with Crippen molar-refractivity contribution in [2.75, 3.05) is 23.3 Å². The Morgan fingerprint density at radius 3 is 2.70 bits per heavy atom. The van der Waals surface area contributed by atoms with Crippen LogP contribution in [-0.4, -0.2) is 33.3 Å². The molecule has 3 rings (SSSR count). The Kier molecular flexibility index (Phi) is 5.29. The van der Waals surface area contributed by atoms with E-state index in [9.17, 15) is 18.0 Å². The molecule has 0 bridgehead atoms. The fraction of sp³-hybridized carbons (Fsp3) is 0.263. The van der Waals surface area contributed by atoms with Gasteiger partial charge in [0.05, 0.1) is 17.9 Å². The zero-order valence-corrected chi connectivity index (χ0v) is 16.0. The third-order valence-corrected chi connectivity index (χ3v) is 5.76. The predicted octanol–water partition coefficient (Wildman–Crippen LogP) is 1.82. The van der Waals surface area contributed by atoms with Crippen molar-refractivity contribution in [1.82, 2.24) is 4.72 Å². The predicted molar refractivity (Wildman–Crippen MR) is 103 cm³/mol. The minimum Gasteiger partial charge on any atom is -0.326 e. The summed E-state index contributed by atoms with van der Waals surface area (Å²) in [5, 5.41) is 2.66. The van der Waals surface area contributed by atoms with Gasteiger partial charge in [-0.1, -0.05) is 12.1 Å². The second-order valence-electron chi connectivity index (χ2n) is 6.35. The van der Waals surface area contributed by atoms with Crippen LogP contribution < -0.4 is 14.9 Å². The number of aryl methyl sites for hydroxylation is 1. The van der Waals surface area contributed by atoms with E-state index in [0.717, 1.165) is 11.3 Å². The van der Waals surface area contributed by atoms with E-state index in [1.54, 1.807) is 6.07 Å². The van der Waals surface area contributed by atoms with Crippen LogP contribution >= 0.6 is 0 Å². The standard InChI is InChI=1S/C19H21N3O4S/c1-3-22(15-6-4-5-13(2)9-15)19(24)12-20-27(25,26)16-7-8-17-14(10-16)11-18(23)21-17/h4-10,20H,3,11-12H2,1-2H3,(H,21,23). The fourth-order valence-corrected chi connectivity index (χ4v) is 4.03. The monoisotopic (exact) mass is 387 g/mol. The van der Waals surface area contributed by atoms with Crippen molar-refractivity contribution in [3.63, 3.8) is 0 Å². The van der Waals surface area contributed by atoms with E-state index in [1.165, 1.54) is 17.0 Å². The number of carbonyl (C=O) groups excluding carboxylic acids is 2. The number of rotatable bonds is 6. The molecular formula is C19H21N3O4S. The number of hydrogen-bond acceptors (Lipinski definition) is 4. The molecule has 142 valence electrons. The number of benzene rings is 2. The zero-order valence-electron chi connectivity index (χ0n) is 15.2. The van der Waals surface area contributed by atoms with Gasteiger partial charge in [0.2, 0.25) is 21.8 Å². The maximum Gasteiger partial charge on any atom is 0.242 e. The number of nitrogens with zero attached hydrogens (tertiary/aromatic N) is 1. The van der Waals surface area contributed by atoms with Gasteiger partial charge in [0.1, 0.15) is 0 Å². The van der Waals surface area contributed by atoms with Crippen LogP contribution in [0.4, 0.5) is 11.4 Å². The van der Waals surface area contributed by atoms with Crippen LogP contribution in [0, 0.1) is 6.92 Å². The SMILES string of the molecule is CCN(C(=O)CNS(=O)(=O)c1ccc2c(c1)CC(=O)N2)c1cccc(C)c1. The third-order valence-electron chi connectivity index (χ3n) is 4.36. The van der Waals surface area contributed by atoms with E-state index >= 15 is 0 Å². The van der Waals surface area contributed by atoms with Crippen molar-refractivity contribution >= 4 is 33.2 Å². The summed E-state index contributed by atoms with van der Waals surface area (Å²) in [5.41, 5.74) is 2.99. The molecule has 8 heteroatoms. The van der Waals surface area contributed by atoms with Crippen molar-refractivity contribution in [2.45, 2.75) is 25.2 Å². The van der Waals surface area contributed by atoms with E-state index in [1.807, 2.05) is 38.1 Å². The first-order chi connectivity index (χ1) is 12.8. The lowest BCUT2D eigenvalue weighted by molar-refractivity contribution is -0.117. The first-order valence-corrected chi connectivity index (χ1v) is 10.1. The smallest absolute Gasteiger partial charge is 0.242 e. The lowest BCUT2D eigenvalue weighted by Crippen LogP contribution is -2.40. The van der Waals surface area contributed by atoms with E-state index < -0.39 is 10.0 Å². The third kappa shape index (κ3) is 4.17. The van der Waals surface area contributed by atoms with Gasteiger partial charge in [-0.3, -0.25) is 9.59 Å². The summed E-state index contributed by atoms with van der Waals surface area (Å²) in [5.74, 6) is -0.510. The maximum absolute atomic E-state index is 12.5. The van der Waals surface area contributed by atoms with Gasteiger partial charge in [-0.25, -0.2) is 13.1 Å². The highest BCUT2D eigenvalue weighted by Crippen LogP contribution is 2.25. The van der Waals surface area contributed by atoms with Gasteiger partial charge in [0.25, 0.3) is 0 Å². The Hall–Kier alpha value is -2.71. The largest absolute Gasteiger partial charge is 0.326 e. The molecule has 1 aliphatic rings. The number of anilines is 2. The number of carbonyl (C=O) groups is 2. The lowest BCUT2D eigenvalue weighted by Gasteiger charge is -2.21. The van der Waals surface area contributed by atoms with Crippen LogP contribution in [-0.2, 0) is 26.0 Å². The number of likely N-dealkylation sites (N-methyl/N-ethyl adjacent to an activating group) is 1. The molecule has 7 nitrogen and oxygen atoms in total. The number of hydrogen-bond donors (Lipinski definition) is 2. The molecule has 0 unspecified atom stereocenters. The molecule has 1 heterocycles. The molecule has 0 fully saturated rings. The summed E-state index contributed by atoms with van der Waals surface area (Å²) >= 11 is 0. The van der Waals surface area contributed by atoms with Gasteiger partial charge in [0.15, 0.2) is 0 Å². The van der Waals surface area contributed by atoms with Crippen LogP contribution in [0.2, 0.25) is 0 Å². The minimum atomic E-state index is -3.86. The molecule has 2 N–H and O–H groups in total. The Morgan fingerprint density at radius 2 is 2.00 bits per heavy atom. The molecule has 27 heavy (non-hydrogen) atoms. The molecule has 2 aromatic rings. The average molecular weight is 387 g/mol. The Balaban J connectivity index is 1.72. The van der Waals surface area contributed by atoms with E-state index in [4.69, 9.17) is 0 Å². The maximum atomic E-state index is 12.5. The van der Waals surface area contributed by atoms with Gasteiger partial charge in [-0.2, -0.15) is 0 Å². The highest BCUT2D eigenvalue weighted by Gasteiger charge is 2.23. The summed E-state index contributed by atoms with van der Waals surface area (Å²) in [6.45, 7) is 3.84. The van der Waals surface area contributed by atoms with Crippen molar-refractivity contribution in [3.8, 4) is 0 Å². The first kappa shape index (κ1) is 19.1. The molecule has 0 aromatic heterocycles. The van der Waals surface area contributed by atoms with Crippen LogP contribution in [0.15, 0.2) is 47.4 Å². The molecule has 0 radical (unpaired) electrons. The molecule has 0 saturated carbocycles. The van der Waals surface area contributed by atoms with Crippen LogP contribution in [0.5, 0.6) is 0 Å². The average Bonchev–Trinajstić information content (AvgIpc) is 3.00. The second-order valence-corrected chi connectivity index (χ2v) is 8.11. The first-order valence-electron chi connectivity index (χ1n) is 8.59. The highest BCUT2D eigenvalue weighted by atomic mass is 32.2. The van der Waals surface area contributed by atoms with Gasteiger partial charge in [0, 0.05) is 17.9 Å². The Morgan fingerprint density at radius 1 is 1.22 bits per heavy atom. The second kappa shape index (κ2) is 7.50. The summed E-state index contributed by atoms with van der Waals surface area (Å²) in [4.78, 5) is 25.5. The number of sulfonamides is 1. The molecule has 0 saturated heterocycles. The minimum absolute atomic E-state index is 0.0316. The molecule has 2 aromatic carbocycles. The van der Waals surface area contributed by atoms with Crippen LogP contribution in [0.3, 0.4) is 0 Å². The normalized spacial score (nSPS) is 13.2. The zero-order chi connectivity index (χ0) is 19.6. The molecule has 0 aliphatic carbocycles. The van der Waals surface area contributed by atoms with Crippen molar-refractivity contribution in [3.05, 3.63) is 53.6 Å².